The van der Waals surface area contributed by atoms with Crippen LogP contribution in [0.2, 0.25) is 5.02 Å². The third kappa shape index (κ3) is 4.97. The Kier molecular flexibility index (Phi) is 6.18. The van der Waals surface area contributed by atoms with Crippen molar-refractivity contribution >= 4 is 34.9 Å². The van der Waals surface area contributed by atoms with E-state index in [1.165, 1.54) is 5.56 Å². The van der Waals surface area contributed by atoms with E-state index < -0.39 is 0 Å². The van der Waals surface area contributed by atoms with Crippen LogP contribution in [-0.4, -0.2) is 11.9 Å². The third-order valence-corrected chi connectivity index (χ3v) is 5.86. The molecular formula is C28H23ClN4. The molecule has 0 aromatic heterocycles. The summed E-state index contributed by atoms with van der Waals surface area (Å²) in [5.74, 6) is 0. The van der Waals surface area contributed by atoms with Gasteiger partial charge in [-0.15, -0.1) is 0 Å². The molecule has 162 valence electrons. The molecule has 0 fully saturated rings. The summed E-state index contributed by atoms with van der Waals surface area (Å²) in [6, 6.07) is 36.9. The predicted molar refractivity (Wildman–Crippen MR) is 138 cm³/mol. The molecule has 1 N–H and O–H groups in total. The lowest BCUT2D eigenvalue weighted by atomic mass is 9.98. The summed E-state index contributed by atoms with van der Waals surface area (Å²) in [4.78, 5) is 0. The van der Waals surface area contributed by atoms with Gasteiger partial charge in [0.25, 0.3) is 0 Å². The Bertz CT molecular complexity index is 1250. The van der Waals surface area contributed by atoms with Crippen LogP contribution in [-0.2, 0) is 0 Å². The van der Waals surface area contributed by atoms with Gasteiger partial charge in [-0.05, 0) is 53.1 Å². The Hall–Kier alpha value is -3.89. The predicted octanol–water partition coefficient (Wildman–Crippen LogP) is 7.14. The second-order valence-electron chi connectivity index (χ2n) is 7.86. The molecule has 4 aromatic carbocycles. The third-order valence-electron chi connectivity index (χ3n) is 5.61. The van der Waals surface area contributed by atoms with Crippen LogP contribution in [0.25, 0.3) is 0 Å². The zero-order chi connectivity index (χ0) is 22.5. The number of hydrazone groups is 2. The molecule has 1 aliphatic rings. The van der Waals surface area contributed by atoms with E-state index in [1.807, 2.05) is 36.4 Å². The number of nitrogens with one attached hydrogen (secondary N) is 1. The second kappa shape index (κ2) is 9.72. The first-order chi connectivity index (χ1) is 16.3. The lowest BCUT2D eigenvalue weighted by Crippen LogP contribution is -2.18. The second-order valence-corrected chi connectivity index (χ2v) is 8.29. The fraction of sp³-hybridized carbons (Fsp3) is 0.0714. The maximum Gasteiger partial charge on any atom is 0.0831 e. The molecule has 0 bridgehead atoms. The Labute approximate surface area is 198 Å². The van der Waals surface area contributed by atoms with Gasteiger partial charge >= 0.3 is 0 Å². The lowest BCUT2D eigenvalue weighted by molar-refractivity contribution is 0.709. The molecule has 0 amide bonds. The highest BCUT2D eigenvalue weighted by Crippen LogP contribution is 2.36. The van der Waals surface area contributed by atoms with E-state index in [0.717, 1.165) is 34.6 Å². The minimum Gasteiger partial charge on any atom is -0.279 e. The molecule has 0 saturated carbocycles. The number of benzene rings is 4. The first-order valence-electron chi connectivity index (χ1n) is 10.9. The van der Waals surface area contributed by atoms with Gasteiger partial charge in [0.15, 0.2) is 0 Å². The molecule has 0 saturated heterocycles. The van der Waals surface area contributed by atoms with Crippen LogP contribution >= 0.6 is 11.6 Å². The lowest BCUT2D eigenvalue weighted by Gasteiger charge is -2.24. The monoisotopic (exact) mass is 450 g/mol. The highest BCUT2D eigenvalue weighted by molar-refractivity contribution is 6.30. The molecule has 5 rings (SSSR count). The Balaban J connectivity index is 1.36. The molecule has 0 aliphatic carbocycles. The van der Waals surface area contributed by atoms with Gasteiger partial charge in [0, 0.05) is 11.4 Å². The topological polar surface area (TPSA) is 40.0 Å². The largest absolute Gasteiger partial charge is 0.279 e. The van der Waals surface area contributed by atoms with Crippen molar-refractivity contribution in [3.05, 3.63) is 131 Å². The number of anilines is 2. The zero-order valence-corrected chi connectivity index (χ0v) is 18.7. The maximum absolute atomic E-state index is 5.92. The van der Waals surface area contributed by atoms with Crippen molar-refractivity contribution in [1.82, 2.24) is 0 Å². The van der Waals surface area contributed by atoms with Gasteiger partial charge in [-0.25, -0.2) is 0 Å². The number of hydrogen-bond donors (Lipinski definition) is 1. The van der Waals surface area contributed by atoms with Crippen molar-refractivity contribution in [3.63, 3.8) is 0 Å². The zero-order valence-electron chi connectivity index (χ0n) is 18.0. The molecule has 1 atom stereocenters. The van der Waals surface area contributed by atoms with Crippen LogP contribution < -0.4 is 10.4 Å². The molecule has 1 heterocycles. The van der Waals surface area contributed by atoms with Crippen molar-refractivity contribution in [2.24, 2.45) is 10.2 Å². The summed E-state index contributed by atoms with van der Waals surface area (Å²) in [5, 5.41) is 12.2. The highest BCUT2D eigenvalue weighted by Gasteiger charge is 2.29. The average molecular weight is 451 g/mol. The van der Waals surface area contributed by atoms with Crippen molar-refractivity contribution in [2.75, 3.05) is 10.4 Å². The number of hydrogen-bond acceptors (Lipinski definition) is 4. The molecule has 0 radical (unpaired) electrons. The maximum atomic E-state index is 5.92. The quantitative estimate of drug-likeness (QED) is 0.250. The first-order valence-corrected chi connectivity index (χ1v) is 11.3. The first kappa shape index (κ1) is 21.0. The molecule has 4 aromatic rings. The van der Waals surface area contributed by atoms with Crippen LogP contribution in [0, 0.1) is 0 Å². The molecule has 0 spiro atoms. The summed E-state index contributed by atoms with van der Waals surface area (Å²) >= 11 is 5.92. The normalized spacial score (nSPS) is 15.6. The number of halogens is 1. The van der Waals surface area contributed by atoms with Gasteiger partial charge in [-0.1, -0.05) is 84.4 Å². The van der Waals surface area contributed by atoms with Crippen LogP contribution in [0.3, 0.4) is 0 Å². The van der Waals surface area contributed by atoms with E-state index >= 15 is 0 Å². The van der Waals surface area contributed by atoms with Gasteiger partial charge in [0.2, 0.25) is 0 Å². The van der Waals surface area contributed by atoms with Gasteiger partial charge in [-0.2, -0.15) is 10.2 Å². The minimum atomic E-state index is 0.160. The van der Waals surface area contributed by atoms with Crippen LogP contribution in [0.1, 0.15) is 29.2 Å². The standard InChI is InChI=1S/C28H23ClN4/c29-24-13-15-25(16-14-24)31-30-20-21-11-17-26(18-12-21)33-28(23-9-5-2-6-10-23)19-27(32-33)22-7-3-1-4-8-22/h1-18,20,28,31H,19H2/b30-20+. The van der Waals surface area contributed by atoms with Crippen LogP contribution in [0.5, 0.6) is 0 Å². The summed E-state index contributed by atoms with van der Waals surface area (Å²) in [6.07, 6.45) is 2.66. The van der Waals surface area contributed by atoms with Crippen molar-refractivity contribution in [2.45, 2.75) is 12.5 Å². The van der Waals surface area contributed by atoms with E-state index in [2.05, 4.69) is 88.3 Å². The summed E-state index contributed by atoms with van der Waals surface area (Å²) in [7, 11) is 0. The van der Waals surface area contributed by atoms with E-state index in [-0.39, 0.29) is 6.04 Å². The fourth-order valence-corrected chi connectivity index (χ4v) is 4.03. The SMILES string of the molecule is Clc1ccc(N/N=C/c2ccc(N3N=C(c4ccccc4)CC3c3ccccc3)cc2)cc1. The average Bonchev–Trinajstić information content (AvgIpc) is 3.32. The van der Waals surface area contributed by atoms with Crippen molar-refractivity contribution < 1.29 is 0 Å². The Morgan fingerprint density at radius 2 is 1.48 bits per heavy atom. The summed E-state index contributed by atoms with van der Waals surface area (Å²) < 4.78 is 0. The minimum absolute atomic E-state index is 0.160. The van der Waals surface area contributed by atoms with E-state index in [0.29, 0.717) is 5.02 Å². The Morgan fingerprint density at radius 3 is 2.18 bits per heavy atom. The Morgan fingerprint density at radius 1 is 0.818 bits per heavy atom. The number of rotatable bonds is 6. The van der Waals surface area contributed by atoms with E-state index in [9.17, 15) is 0 Å². The fourth-order valence-electron chi connectivity index (χ4n) is 3.91. The smallest absolute Gasteiger partial charge is 0.0831 e. The molecule has 33 heavy (non-hydrogen) atoms. The van der Waals surface area contributed by atoms with Gasteiger partial charge in [0.1, 0.15) is 0 Å². The van der Waals surface area contributed by atoms with Gasteiger partial charge in [0.05, 0.1) is 29.3 Å². The van der Waals surface area contributed by atoms with E-state index in [4.69, 9.17) is 16.7 Å². The molecule has 5 heteroatoms. The van der Waals surface area contributed by atoms with Crippen LogP contribution in [0.4, 0.5) is 11.4 Å². The summed E-state index contributed by atoms with van der Waals surface area (Å²) in [6.45, 7) is 0. The highest BCUT2D eigenvalue weighted by atomic mass is 35.5. The van der Waals surface area contributed by atoms with Gasteiger partial charge < -0.3 is 0 Å². The van der Waals surface area contributed by atoms with Crippen LogP contribution in [0.15, 0.2) is 119 Å². The summed E-state index contributed by atoms with van der Waals surface area (Å²) in [5.41, 5.74) is 9.48. The molecule has 1 aliphatic heterocycles. The van der Waals surface area contributed by atoms with Crippen molar-refractivity contribution in [1.29, 1.82) is 0 Å². The van der Waals surface area contributed by atoms with Crippen molar-refractivity contribution in [3.8, 4) is 0 Å². The molecule has 1 unspecified atom stereocenters. The van der Waals surface area contributed by atoms with Gasteiger partial charge in [-0.3, -0.25) is 10.4 Å². The molecular weight excluding hydrogens is 428 g/mol. The molecule has 4 nitrogen and oxygen atoms in total. The van der Waals surface area contributed by atoms with E-state index in [1.54, 1.807) is 6.21 Å². The number of nitrogens with zero attached hydrogens (tertiary/aromatic N) is 3.